The Labute approximate surface area is 83.0 Å². The van der Waals surface area contributed by atoms with E-state index in [0.29, 0.717) is 6.42 Å². The molecule has 0 saturated carbocycles. The SMILES string of the molecule is OC[C@H]1O[C@@H](c2ccccc2)CC1O. The molecule has 0 aromatic heterocycles. The van der Waals surface area contributed by atoms with E-state index in [2.05, 4.69) is 0 Å². The van der Waals surface area contributed by atoms with Crippen molar-refractivity contribution in [2.45, 2.75) is 24.7 Å². The molecule has 3 atom stereocenters. The molecule has 14 heavy (non-hydrogen) atoms. The lowest BCUT2D eigenvalue weighted by Gasteiger charge is -2.11. The first kappa shape index (κ1) is 9.65. The van der Waals surface area contributed by atoms with Crippen molar-refractivity contribution < 1.29 is 14.9 Å². The Kier molecular flexibility index (Phi) is 2.82. The highest BCUT2D eigenvalue weighted by molar-refractivity contribution is 5.18. The first-order valence-electron chi connectivity index (χ1n) is 4.80. The molecule has 76 valence electrons. The second-order valence-corrected chi connectivity index (χ2v) is 3.56. The molecular weight excluding hydrogens is 180 g/mol. The number of ether oxygens (including phenoxy) is 1. The second-order valence-electron chi connectivity index (χ2n) is 3.56. The summed E-state index contributed by atoms with van der Waals surface area (Å²) in [7, 11) is 0. The molecule has 1 aliphatic heterocycles. The normalized spacial score (nSPS) is 32.0. The summed E-state index contributed by atoms with van der Waals surface area (Å²) in [6, 6.07) is 9.77. The van der Waals surface area contributed by atoms with E-state index in [-0.39, 0.29) is 12.7 Å². The van der Waals surface area contributed by atoms with Crippen molar-refractivity contribution in [3.63, 3.8) is 0 Å². The summed E-state index contributed by atoms with van der Waals surface area (Å²) in [5.74, 6) is 0. The molecule has 1 aromatic rings. The van der Waals surface area contributed by atoms with Gasteiger partial charge in [0.2, 0.25) is 0 Å². The molecule has 2 N–H and O–H groups in total. The Hall–Kier alpha value is -0.900. The molecule has 3 nitrogen and oxygen atoms in total. The molecule has 0 spiro atoms. The fourth-order valence-corrected chi connectivity index (χ4v) is 1.78. The lowest BCUT2D eigenvalue weighted by Crippen LogP contribution is -2.24. The zero-order valence-electron chi connectivity index (χ0n) is 7.84. The molecule has 1 heterocycles. The van der Waals surface area contributed by atoms with Crippen molar-refractivity contribution in [3.8, 4) is 0 Å². The molecule has 0 aliphatic carbocycles. The first-order chi connectivity index (χ1) is 6.81. The van der Waals surface area contributed by atoms with Crippen LogP contribution in [0.25, 0.3) is 0 Å². The van der Waals surface area contributed by atoms with E-state index < -0.39 is 12.2 Å². The Morgan fingerprint density at radius 1 is 1.29 bits per heavy atom. The highest BCUT2D eigenvalue weighted by Gasteiger charge is 2.33. The molecule has 3 heteroatoms. The van der Waals surface area contributed by atoms with Crippen molar-refractivity contribution in [3.05, 3.63) is 35.9 Å². The smallest absolute Gasteiger partial charge is 0.107 e. The molecule has 0 bridgehead atoms. The molecule has 2 rings (SSSR count). The maximum Gasteiger partial charge on any atom is 0.107 e. The number of aliphatic hydroxyl groups is 2. The van der Waals surface area contributed by atoms with Gasteiger partial charge in [0.25, 0.3) is 0 Å². The van der Waals surface area contributed by atoms with Crippen LogP contribution < -0.4 is 0 Å². The summed E-state index contributed by atoms with van der Waals surface area (Å²) in [6.07, 6.45) is -0.497. The monoisotopic (exact) mass is 194 g/mol. The van der Waals surface area contributed by atoms with E-state index in [4.69, 9.17) is 9.84 Å². The van der Waals surface area contributed by atoms with E-state index in [1.54, 1.807) is 0 Å². The fourth-order valence-electron chi connectivity index (χ4n) is 1.78. The van der Waals surface area contributed by atoms with E-state index in [9.17, 15) is 5.11 Å². The van der Waals surface area contributed by atoms with Crippen LogP contribution in [0.4, 0.5) is 0 Å². The highest BCUT2D eigenvalue weighted by Crippen LogP contribution is 2.32. The number of hydrogen-bond acceptors (Lipinski definition) is 3. The van der Waals surface area contributed by atoms with Crippen LogP contribution in [0.5, 0.6) is 0 Å². The van der Waals surface area contributed by atoms with Gasteiger partial charge in [-0.2, -0.15) is 0 Å². The summed E-state index contributed by atoms with van der Waals surface area (Å²) >= 11 is 0. The fraction of sp³-hybridized carbons (Fsp3) is 0.455. The van der Waals surface area contributed by atoms with E-state index in [0.717, 1.165) is 5.56 Å². The van der Waals surface area contributed by atoms with Crippen molar-refractivity contribution in [2.24, 2.45) is 0 Å². The van der Waals surface area contributed by atoms with Crippen molar-refractivity contribution >= 4 is 0 Å². The molecule has 1 saturated heterocycles. The summed E-state index contributed by atoms with van der Waals surface area (Å²) in [4.78, 5) is 0. The van der Waals surface area contributed by atoms with Crippen LogP contribution in [-0.4, -0.2) is 29.0 Å². The molecule has 0 radical (unpaired) electrons. The van der Waals surface area contributed by atoms with Crippen LogP contribution in [0.1, 0.15) is 18.1 Å². The molecule has 0 amide bonds. The van der Waals surface area contributed by atoms with Gasteiger partial charge in [-0.15, -0.1) is 0 Å². The summed E-state index contributed by atoms with van der Waals surface area (Å²) < 4.78 is 5.51. The van der Waals surface area contributed by atoms with E-state index >= 15 is 0 Å². The van der Waals surface area contributed by atoms with Crippen LogP contribution in [-0.2, 0) is 4.74 Å². The van der Waals surface area contributed by atoms with Crippen molar-refractivity contribution in [1.29, 1.82) is 0 Å². The number of hydrogen-bond donors (Lipinski definition) is 2. The Morgan fingerprint density at radius 3 is 2.57 bits per heavy atom. The molecule has 1 aromatic carbocycles. The standard InChI is InChI=1S/C11H14O3/c12-7-11-9(13)6-10(14-11)8-4-2-1-3-5-8/h1-5,9-13H,6-7H2/t9?,10-,11-/m1/s1. The van der Waals surface area contributed by atoms with Gasteiger partial charge >= 0.3 is 0 Å². The van der Waals surface area contributed by atoms with Crippen LogP contribution >= 0.6 is 0 Å². The zero-order chi connectivity index (χ0) is 9.97. The molecule has 1 aliphatic rings. The lowest BCUT2D eigenvalue weighted by molar-refractivity contribution is -0.0225. The van der Waals surface area contributed by atoms with Gasteiger partial charge in [-0.25, -0.2) is 0 Å². The van der Waals surface area contributed by atoms with Crippen LogP contribution in [0.15, 0.2) is 30.3 Å². The third-order valence-electron chi connectivity index (χ3n) is 2.58. The Bertz CT molecular complexity index is 286. The second kappa shape index (κ2) is 4.09. The van der Waals surface area contributed by atoms with Crippen LogP contribution in [0.2, 0.25) is 0 Å². The average Bonchev–Trinajstić information content (AvgIpc) is 2.61. The van der Waals surface area contributed by atoms with Gasteiger partial charge < -0.3 is 14.9 Å². The van der Waals surface area contributed by atoms with Gasteiger partial charge in [0.05, 0.1) is 18.8 Å². The molecule has 1 unspecified atom stereocenters. The Balaban J connectivity index is 2.09. The third kappa shape index (κ3) is 1.80. The van der Waals surface area contributed by atoms with Crippen LogP contribution in [0.3, 0.4) is 0 Å². The van der Waals surface area contributed by atoms with Crippen LogP contribution in [0, 0.1) is 0 Å². The number of aliphatic hydroxyl groups excluding tert-OH is 2. The van der Waals surface area contributed by atoms with Gasteiger partial charge in [0, 0.05) is 6.42 Å². The predicted octanol–water partition coefficient (Wildman–Crippen LogP) is 0.870. The third-order valence-corrected chi connectivity index (χ3v) is 2.58. The van der Waals surface area contributed by atoms with Gasteiger partial charge in [-0.3, -0.25) is 0 Å². The van der Waals surface area contributed by atoms with E-state index in [1.807, 2.05) is 30.3 Å². The minimum atomic E-state index is -0.551. The summed E-state index contributed by atoms with van der Waals surface area (Å²) in [6.45, 7) is -0.121. The molecule has 1 fully saturated rings. The maximum atomic E-state index is 9.54. The van der Waals surface area contributed by atoms with Gasteiger partial charge in [-0.05, 0) is 5.56 Å². The van der Waals surface area contributed by atoms with Crippen molar-refractivity contribution in [2.75, 3.05) is 6.61 Å². The van der Waals surface area contributed by atoms with Gasteiger partial charge in [0.1, 0.15) is 6.10 Å². The first-order valence-corrected chi connectivity index (χ1v) is 4.80. The quantitative estimate of drug-likeness (QED) is 0.734. The number of rotatable bonds is 2. The molecular formula is C11H14O3. The summed E-state index contributed by atoms with van der Waals surface area (Å²) in [5.41, 5.74) is 1.06. The summed E-state index contributed by atoms with van der Waals surface area (Å²) in [5, 5.41) is 18.5. The minimum absolute atomic E-state index is 0.0802. The predicted molar refractivity (Wildman–Crippen MR) is 51.8 cm³/mol. The number of benzene rings is 1. The largest absolute Gasteiger partial charge is 0.394 e. The lowest BCUT2D eigenvalue weighted by atomic mass is 10.1. The highest BCUT2D eigenvalue weighted by atomic mass is 16.5. The topological polar surface area (TPSA) is 49.7 Å². The van der Waals surface area contributed by atoms with Gasteiger partial charge in [0.15, 0.2) is 0 Å². The Morgan fingerprint density at radius 2 is 2.00 bits per heavy atom. The van der Waals surface area contributed by atoms with E-state index in [1.165, 1.54) is 0 Å². The van der Waals surface area contributed by atoms with Gasteiger partial charge in [-0.1, -0.05) is 30.3 Å². The zero-order valence-corrected chi connectivity index (χ0v) is 7.84. The minimum Gasteiger partial charge on any atom is -0.394 e. The van der Waals surface area contributed by atoms with Crippen molar-refractivity contribution in [1.82, 2.24) is 0 Å². The maximum absolute atomic E-state index is 9.54. The average molecular weight is 194 g/mol.